The lowest BCUT2D eigenvalue weighted by atomic mass is 10.0. The van der Waals surface area contributed by atoms with Gasteiger partial charge in [-0.25, -0.2) is 4.68 Å². The summed E-state index contributed by atoms with van der Waals surface area (Å²) in [6.45, 7) is 1.78. The van der Waals surface area contributed by atoms with Gasteiger partial charge in [-0.1, -0.05) is 48.0 Å². The number of benzene rings is 1. The normalized spacial score (nSPS) is 19.6. The number of hydrogen-bond acceptors (Lipinski definition) is 4. The van der Waals surface area contributed by atoms with Crippen molar-refractivity contribution in [1.82, 2.24) is 15.1 Å². The first-order valence-electron chi connectivity index (χ1n) is 9.26. The number of carbonyl (C=O) groups is 1. The number of nitrogens with zero attached hydrogens (tertiary/aromatic N) is 2. The van der Waals surface area contributed by atoms with Crippen LogP contribution in [-0.2, 0) is 0 Å². The number of halogens is 4. The van der Waals surface area contributed by atoms with Crippen molar-refractivity contribution in [2.45, 2.75) is 37.6 Å². The minimum Gasteiger partial charge on any atom is -0.361 e. The van der Waals surface area contributed by atoms with Crippen LogP contribution in [-0.4, -0.2) is 21.9 Å². The van der Waals surface area contributed by atoms with Crippen molar-refractivity contribution in [3.63, 3.8) is 0 Å². The summed E-state index contributed by atoms with van der Waals surface area (Å²) in [6.07, 6.45) is -4.77. The highest BCUT2D eigenvalue weighted by molar-refractivity contribution is 7.10. The van der Waals surface area contributed by atoms with Gasteiger partial charge in [0.05, 0.1) is 12.1 Å². The van der Waals surface area contributed by atoms with Crippen LogP contribution in [0.2, 0.25) is 5.02 Å². The molecule has 0 spiro atoms. The topological polar surface area (TPSA) is 59.0 Å². The van der Waals surface area contributed by atoms with Gasteiger partial charge in [0.1, 0.15) is 10.8 Å². The summed E-state index contributed by atoms with van der Waals surface area (Å²) in [4.78, 5) is 13.5. The van der Waals surface area contributed by atoms with E-state index in [1.807, 2.05) is 30.3 Å². The maximum absolute atomic E-state index is 13.8. The minimum atomic E-state index is -4.53. The molecule has 0 bridgehead atoms. The van der Waals surface area contributed by atoms with Crippen molar-refractivity contribution in [1.29, 1.82) is 0 Å². The second-order valence-electron chi connectivity index (χ2n) is 7.07. The lowest BCUT2D eigenvalue weighted by Gasteiger charge is -2.32. The first kappa shape index (κ1) is 20.7. The number of nitrogens with one attached hydrogen (secondary N) is 2. The molecule has 3 atom stereocenters. The zero-order valence-electron chi connectivity index (χ0n) is 15.8. The Morgan fingerprint density at radius 3 is 2.67 bits per heavy atom. The Morgan fingerprint density at radius 2 is 2.03 bits per heavy atom. The number of carbonyl (C=O) groups excluding carboxylic acids is 1. The molecule has 1 aliphatic rings. The molecule has 1 aromatic carbocycles. The van der Waals surface area contributed by atoms with Crippen LogP contribution in [0.3, 0.4) is 0 Å². The van der Waals surface area contributed by atoms with Gasteiger partial charge in [0.2, 0.25) is 0 Å². The van der Waals surface area contributed by atoms with Crippen molar-refractivity contribution in [3.8, 4) is 0 Å². The Kier molecular flexibility index (Phi) is 5.50. The fraction of sp³-hybridized carbons (Fsp3) is 0.300. The molecule has 0 saturated heterocycles. The minimum absolute atomic E-state index is 0.00107. The number of alkyl halides is 3. The molecule has 10 heteroatoms. The fourth-order valence-electron chi connectivity index (χ4n) is 3.50. The summed E-state index contributed by atoms with van der Waals surface area (Å²) in [6, 6.07) is 9.95. The maximum atomic E-state index is 13.8. The molecule has 2 N–H and O–H groups in total. The molecule has 0 radical (unpaired) electrons. The highest BCUT2D eigenvalue weighted by atomic mass is 35.5. The Hall–Kier alpha value is -2.52. The highest BCUT2D eigenvalue weighted by Crippen LogP contribution is 2.46. The molecular weight excluding hydrogens is 437 g/mol. The van der Waals surface area contributed by atoms with Gasteiger partial charge < -0.3 is 10.6 Å². The summed E-state index contributed by atoms with van der Waals surface area (Å²) in [5.41, 5.74) is 0.623. The largest absolute Gasteiger partial charge is 0.410 e. The third-order valence-corrected chi connectivity index (χ3v) is 6.39. The fourth-order valence-corrected chi connectivity index (χ4v) is 4.56. The van der Waals surface area contributed by atoms with Crippen LogP contribution in [0.1, 0.15) is 52.4 Å². The molecule has 0 aliphatic carbocycles. The Labute approximate surface area is 179 Å². The van der Waals surface area contributed by atoms with Gasteiger partial charge in [0, 0.05) is 11.3 Å². The maximum Gasteiger partial charge on any atom is 0.410 e. The molecule has 3 aromatic rings. The summed E-state index contributed by atoms with van der Waals surface area (Å²) in [7, 11) is 0. The standard InChI is InChI=1S/C20H18ClF3N4OS/c1-11(12-6-3-2-4-7-12)25-19(29)17-16(21)18-26-13(14-8-5-9-30-14)10-15(20(22,23)24)28(18)27-17/h2-9,11,13,15,26H,10H2,1H3,(H,25,29)/t11-,13-,15+/m1/s1. The molecule has 158 valence electrons. The third kappa shape index (κ3) is 3.91. The van der Waals surface area contributed by atoms with E-state index in [0.29, 0.717) is 0 Å². The molecule has 1 aliphatic heterocycles. The van der Waals surface area contributed by atoms with E-state index < -0.39 is 24.2 Å². The molecule has 5 nitrogen and oxygen atoms in total. The predicted octanol–water partition coefficient (Wildman–Crippen LogP) is 5.75. The molecule has 4 rings (SSSR count). The monoisotopic (exact) mass is 454 g/mol. The van der Waals surface area contributed by atoms with Gasteiger partial charge in [-0.15, -0.1) is 11.3 Å². The molecule has 3 heterocycles. The van der Waals surface area contributed by atoms with E-state index in [1.54, 1.807) is 24.4 Å². The molecular formula is C20H18ClF3N4OS. The molecule has 0 unspecified atom stereocenters. The van der Waals surface area contributed by atoms with Crippen molar-refractivity contribution < 1.29 is 18.0 Å². The van der Waals surface area contributed by atoms with Crippen LogP contribution in [0.5, 0.6) is 0 Å². The van der Waals surface area contributed by atoms with Gasteiger partial charge in [-0.3, -0.25) is 4.79 Å². The lowest BCUT2D eigenvalue weighted by molar-refractivity contribution is -0.173. The summed E-state index contributed by atoms with van der Waals surface area (Å²) < 4.78 is 42.1. The van der Waals surface area contributed by atoms with Gasteiger partial charge in [0.25, 0.3) is 5.91 Å². The van der Waals surface area contributed by atoms with Gasteiger partial charge in [0.15, 0.2) is 11.7 Å². The average molecular weight is 455 g/mol. The zero-order valence-corrected chi connectivity index (χ0v) is 17.4. The van der Waals surface area contributed by atoms with E-state index in [1.165, 1.54) is 11.3 Å². The smallest absolute Gasteiger partial charge is 0.361 e. The van der Waals surface area contributed by atoms with Crippen LogP contribution in [0, 0.1) is 0 Å². The van der Waals surface area contributed by atoms with E-state index in [-0.39, 0.29) is 29.0 Å². The number of fused-ring (bicyclic) bond motifs is 1. The lowest BCUT2D eigenvalue weighted by Crippen LogP contribution is -2.35. The Bertz CT molecular complexity index is 1040. The van der Waals surface area contributed by atoms with Crippen LogP contribution in [0.25, 0.3) is 0 Å². The molecule has 0 fully saturated rings. The highest BCUT2D eigenvalue weighted by Gasteiger charge is 2.48. The number of anilines is 1. The predicted molar refractivity (Wildman–Crippen MR) is 110 cm³/mol. The Balaban J connectivity index is 1.65. The van der Waals surface area contributed by atoms with Gasteiger partial charge >= 0.3 is 6.18 Å². The number of rotatable bonds is 4. The summed E-state index contributed by atoms with van der Waals surface area (Å²) >= 11 is 7.70. The second-order valence-corrected chi connectivity index (χ2v) is 8.42. The van der Waals surface area contributed by atoms with Crippen LogP contribution >= 0.6 is 22.9 Å². The van der Waals surface area contributed by atoms with E-state index in [2.05, 4.69) is 15.7 Å². The van der Waals surface area contributed by atoms with Crippen LogP contribution in [0.15, 0.2) is 47.8 Å². The van der Waals surface area contributed by atoms with E-state index in [9.17, 15) is 18.0 Å². The van der Waals surface area contributed by atoms with Crippen LogP contribution in [0.4, 0.5) is 19.0 Å². The second kappa shape index (κ2) is 7.96. The summed E-state index contributed by atoms with van der Waals surface area (Å²) in [5.74, 6) is -0.630. The van der Waals surface area contributed by atoms with E-state index in [4.69, 9.17) is 11.6 Å². The number of thiophene rings is 1. The first-order valence-corrected chi connectivity index (χ1v) is 10.5. The quantitative estimate of drug-likeness (QED) is 0.527. The number of aromatic nitrogens is 2. The van der Waals surface area contributed by atoms with E-state index in [0.717, 1.165) is 15.1 Å². The SMILES string of the molecule is C[C@@H](NC(=O)c1nn2c(c1Cl)N[C@@H](c1cccs1)C[C@H]2C(F)(F)F)c1ccccc1. The van der Waals surface area contributed by atoms with Crippen molar-refractivity contribution in [2.24, 2.45) is 0 Å². The van der Waals surface area contributed by atoms with Crippen molar-refractivity contribution >= 4 is 34.7 Å². The van der Waals surface area contributed by atoms with Crippen molar-refractivity contribution in [3.05, 3.63) is 69.0 Å². The molecule has 0 saturated carbocycles. The number of amides is 1. The van der Waals surface area contributed by atoms with Gasteiger partial charge in [-0.05, 0) is 23.9 Å². The number of hydrogen-bond donors (Lipinski definition) is 2. The van der Waals surface area contributed by atoms with E-state index >= 15 is 0 Å². The van der Waals surface area contributed by atoms with Crippen LogP contribution < -0.4 is 10.6 Å². The average Bonchev–Trinajstić information content (AvgIpc) is 3.36. The molecule has 2 aromatic heterocycles. The molecule has 1 amide bonds. The summed E-state index contributed by atoms with van der Waals surface area (Å²) in [5, 5.41) is 11.4. The molecule has 30 heavy (non-hydrogen) atoms. The zero-order chi connectivity index (χ0) is 21.5. The first-order chi connectivity index (χ1) is 14.3. The Morgan fingerprint density at radius 1 is 1.30 bits per heavy atom. The van der Waals surface area contributed by atoms with Gasteiger partial charge in [-0.2, -0.15) is 18.3 Å². The third-order valence-electron chi connectivity index (χ3n) is 5.04. The van der Waals surface area contributed by atoms with Crippen molar-refractivity contribution in [2.75, 3.05) is 5.32 Å².